The number of ether oxygens (including phenoxy) is 1. The van der Waals surface area contributed by atoms with Crippen molar-refractivity contribution in [2.75, 3.05) is 6.61 Å². The van der Waals surface area contributed by atoms with Gasteiger partial charge in [-0.1, -0.05) is 42.0 Å². The molecule has 1 aromatic heterocycles. The Balaban J connectivity index is 1.79. The van der Waals surface area contributed by atoms with Gasteiger partial charge in [0.25, 0.3) is 11.8 Å². The minimum atomic E-state index is -1.38. The Labute approximate surface area is 278 Å². The number of nitriles is 1. The maximum atomic E-state index is 13.4. The van der Waals surface area contributed by atoms with Crippen molar-refractivity contribution >= 4 is 41.0 Å². The van der Waals surface area contributed by atoms with E-state index in [9.17, 15) is 29.5 Å². The molecule has 5 N–H and O–H groups in total. The van der Waals surface area contributed by atoms with Gasteiger partial charge in [-0.05, 0) is 70.9 Å². The number of benzene rings is 2. The number of hydrogen-bond acceptors (Lipinski definition) is 9. The van der Waals surface area contributed by atoms with Crippen LogP contribution in [-0.2, 0) is 20.9 Å². The molecule has 0 aliphatic heterocycles. The number of aryl methyl sites for hydroxylation is 2. The summed E-state index contributed by atoms with van der Waals surface area (Å²) in [7, 11) is 0. The lowest BCUT2D eigenvalue weighted by Gasteiger charge is -2.24. The van der Waals surface area contributed by atoms with Crippen molar-refractivity contribution in [1.82, 2.24) is 26.3 Å². The second kappa shape index (κ2) is 16.5. The van der Waals surface area contributed by atoms with Gasteiger partial charge < -0.3 is 31.1 Å². The second-order valence-corrected chi connectivity index (χ2v) is 13.2. The van der Waals surface area contributed by atoms with Crippen LogP contribution in [-0.4, -0.2) is 64.1 Å². The molecule has 0 saturated heterocycles. The molecular weight excluding hydrogens is 620 g/mol. The molecule has 47 heavy (non-hydrogen) atoms. The van der Waals surface area contributed by atoms with Crippen LogP contribution in [0.4, 0.5) is 0 Å². The van der Waals surface area contributed by atoms with Crippen LogP contribution < -0.4 is 26.0 Å². The Morgan fingerprint density at radius 1 is 1.06 bits per heavy atom. The lowest BCUT2D eigenvalue weighted by atomic mass is 10.1. The monoisotopic (exact) mass is 660 g/mol. The molecular formula is C34H40N6O6S. The first kappa shape index (κ1) is 36.4. The van der Waals surface area contributed by atoms with Crippen LogP contribution in [0.1, 0.15) is 59.1 Å². The molecule has 0 aliphatic rings. The maximum absolute atomic E-state index is 13.4. The molecule has 4 amide bonds. The van der Waals surface area contributed by atoms with E-state index in [2.05, 4.69) is 26.3 Å². The first-order valence-electron chi connectivity index (χ1n) is 14.9. The zero-order valence-electron chi connectivity index (χ0n) is 27.2. The quantitative estimate of drug-likeness (QED) is 0.137. The Bertz CT molecular complexity index is 1650. The highest BCUT2D eigenvalue weighted by Gasteiger charge is 2.31. The van der Waals surface area contributed by atoms with Crippen molar-refractivity contribution in [3.63, 3.8) is 0 Å². The molecule has 2 aromatic carbocycles. The predicted molar refractivity (Wildman–Crippen MR) is 178 cm³/mol. The molecule has 13 heteroatoms. The molecule has 0 bridgehead atoms. The number of hydrogen-bond donors (Lipinski definition) is 5. The van der Waals surface area contributed by atoms with Crippen LogP contribution in [0.15, 0.2) is 60.3 Å². The van der Waals surface area contributed by atoms with Gasteiger partial charge in [0, 0.05) is 12.1 Å². The molecule has 3 atom stereocenters. The van der Waals surface area contributed by atoms with Crippen LogP contribution in [0.2, 0.25) is 0 Å². The molecule has 3 aromatic rings. The standard InChI is InChI=1S/C34H40N6O6S/c1-20-10-12-23(13-11-20)17-37-31(43)27(38-33(45)29(21(2)41)39-32(44)28-18-36-22(3)47-28)19-46-26-9-7-8-24(15-26)14-25(16-35)30(42)40-34(4,5)6/h7-15,18,21,27,29,41H,17,19H2,1-6H3,(H,37,43)(H,38,45)(H,39,44)(H,40,42)/t21-,27?,29+/m1/s1. The summed E-state index contributed by atoms with van der Waals surface area (Å²) in [5.74, 6) is -2.17. The fraction of sp³-hybridized carbons (Fsp3) is 0.353. The number of thiazole rings is 1. The van der Waals surface area contributed by atoms with E-state index in [1.807, 2.05) is 37.3 Å². The summed E-state index contributed by atoms with van der Waals surface area (Å²) in [5.41, 5.74) is 1.77. The number of aliphatic hydroxyl groups excluding tert-OH is 1. The van der Waals surface area contributed by atoms with Crippen molar-refractivity contribution in [2.45, 2.75) is 71.8 Å². The Hall–Kier alpha value is -5.06. The minimum Gasteiger partial charge on any atom is -0.491 e. The van der Waals surface area contributed by atoms with Gasteiger partial charge in [-0.15, -0.1) is 11.3 Å². The summed E-state index contributed by atoms with van der Waals surface area (Å²) in [6.45, 7) is 10.3. The van der Waals surface area contributed by atoms with Crippen LogP contribution in [0.5, 0.6) is 5.75 Å². The number of nitrogens with one attached hydrogen (secondary N) is 4. The fourth-order valence-electron chi connectivity index (χ4n) is 4.14. The van der Waals surface area contributed by atoms with Gasteiger partial charge in [0.15, 0.2) is 0 Å². The molecule has 1 heterocycles. The van der Waals surface area contributed by atoms with Crippen molar-refractivity contribution in [3.05, 3.63) is 86.9 Å². The van der Waals surface area contributed by atoms with Crippen molar-refractivity contribution < 1.29 is 29.0 Å². The molecule has 0 saturated carbocycles. The van der Waals surface area contributed by atoms with Gasteiger partial charge in [0.2, 0.25) is 11.8 Å². The van der Waals surface area contributed by atoms with Gasteiger partial charge in [0.05, 0.1) is 17.3 Å². The lowest BCUT2D eigenvalue weighted by Crippen LogP contribution is -2.58. The van der Waals surface area contributed by atoms with E-state index in [4.69, 9.17) is 4.74 Å². The summed E-state index contributed by atoms with van der Waals surface area (Å²) in [6.07, 6.45) is 1.50. The van der Waals surface area contributed by atoms with E-state index < -0.39 is 47.4 Å². The molecule has 0 spiro atoms. The molecule has 0 fully saturated rings. The Kier molecular flexibility index (Phi) is 12.8. The normalized spacial score (nSPS) is 13.4. The molecule has 248 valence electrons. The van der Waals surface area contributed by atoms with Crippen molar-refractivity contribution in [3.8, 4) is 11.8 Å². The third-order valence-electron chi connectivity index (χ3n) is 6.56. The first-order valence-corrected chi connectivity index (χ1v) is 15.7. The molecule has 0 radical (unpaired) electrons. The molecule has 12 nitrogen and oxygen atoms in total. The van der Waals surface area contributed by atoms with Crippen LogP contribution >= 0.6 is 11.3 Å². The number of carbonyl (C=O) groups is 4. The highest BCUT2D eigenvalue weighted by molar-refractivity contribution is 7.13. The summed E-state index contributed by atoms with van der Waals surface area (Å²) in [4.78, 5) is 56.3. The zero-order valence-corrected chi connectivity index (χ0v) is 28.0. The Morgan fingerprint density at radius 3 is 2.36 bits per heavy atom. The molecule has 3 rings (SSSR count). The van der Waals surface area contributed by atoms with Crippen LogP contribution in [0.3, 0.4) is 0 Å². The number of aromatic nitrogens is 1. The smallest absolute Gasteiger partial charge is 0.263 e. The number of aliphatic hydroxyl groups is 1. The highest BCUT2D eigenvalue weighted by atomic mass is 32.1. The van der Waals surface area contributed by atoms with Gasteiger partial charge in [0.1, 0.15) is 41.0 Å². The van der Waals surface area contributed by atoms with Gasteiger partial charge in [-0.2, -0.15) is 5.26 Å². The van der Waals surface area contributed by atoms with E-state index in [1.165, 1.54) is 19.2 Å². The minimum absolute atomic E-state index is 0.0996. The van der Waals surface area contributed by atoms with E-state index in [1.54, 1.807) is 52.0 Å². The van der Waals surface area contributed by atoms with E-state index in [0.717, 1.165) is 22.5 Å². The van der Waals surface area contributed by atoms with Gasteiger partial charge in [-0.25, -0.2) is 4.98 Å². The highest BCUT2D eigenvalue weighted by Crippen LogP contribution is 2.17. The summed E-state index contributed by atoms with van der Waals surface area (Å²) >= 11 is 1.14. The zero-order chi connectivity index (χ0) is 34.7. The predicted octanol–water partition coefficient (Wildman–Crippen LogP) is 2.94. The van der Waals surface area contributed by atoms with Crippen LogP contribution in [0.25, 0.3) is 6.08 Å². The third kappa shape index (κ3) is 11.7. The number of rotatable bonds is 13. The maximum Gasteiger partial charge on any atom is 0.263 e. The second-order valence-electron chi connectivity index (χ2n) is 12.0. The first-order chi connectivity index (χ1) is 22.1. The van der Waals surface area contributed by atoms with E-state index in [-0.39, 0.29) is 23.6 Å². The summed E-state index contributed by atoms with van der Waals surface area (Å²) in [6, 6.07) is 13.4. The van der Waals surface area contributed by atoms with Crippen molar-refractivity contribution in [2.24, 2.45) is 0 Å². The number of amides is 4. The SMILES string of the molecule is Cc1ccc(CNC(=O)C(COc2cccc(C=C(C#N)C(=O)NC(C)(C)C)c2)NC(=O)[C@@H](NC(=O)c2cnc(C)s2)[C@@H](C)O)cc1. The van der Waals surface area contributed by atoms with Gasteiger partial charge in [-0.3, -0.25) is 19.2 Å². The van der Waals surface area contributed by atoms with Crippen LogP contribution in [0, 0.1) is 25.2 Å². The molecule has 0 aliphatic carbocycles. The largest absolute Gasteiger partial charge is 0.491 e. The third-order valence-corrected chi connectivity index (χ3v) is 7.47. The Morgan fingerprint density at radius 2 is 1.77 bits per heavy atom. The lowest BCUT2D eigenvalue weighted by molar-refractivity contribution is -0.132. The molecule has 1 unspecified atom stereocenters. The summed E-state index contributed by atoms with van der Waals surface area (Å²) in [5, 5.41) is 31.2. The number of nitrogens with zero attached hydrogens (tertiary/aromatic N) is 2. The number of carbonyl (C=O) groups excluding carboxylic acids is 4. The van der Waals surface area contributed by atoms with E-state index >= 15 is 0 Å². The average molecular weight is 661 g/mol. The fourth-order valence-corrected chi connectivity index (χ4v) is 4.82. The van der Waals surface area contributed by atoms with Crippen molar-refractivity contribution in [1.29, 1.82) is 5.26 Å². The van der Waals surface area contributed by atoms with E-state index in [0.29, 0.717) is 16.3 Å². The topological polar surface area (TPSA) is 183 Å². The van der Waals surface area contributed by atoms with Gasteiger partial charge >= 0.3 is 0 Å². The average Bonchev–Trinajstić information content (AvgIpc) is 3.45. The summed E-state index contributed by atoms with van der Waals surface area (Å²) < 4.78 is 5.90.